The van der Waals surface area contributed by atoms with E-state index in [1.807, 2.05) is 0 Å². The standard InChI is InChI=1S/C44H64N2O3/c1-25-26-7-13-42(37(25)47)30-21-31-39(2)8-4-10-43(31,34(42)18-26)35(30)45(24-39)14-16-48-23-28-22-41-12-6-27(28)19-33(41)44-11-5-9-40(3)32(44)20-29(41)36(44)46-15-17-49-38(40)46/h26-38,47H,1,4-24H2,2-3H3. The molecule has 14 bridgehead atoms. The second-order valence-electron chi connectivity index (χ2n) is 22.2. The number of hydrogen-bond donors (Lipinski definition) is 1. The van der Waals surface area contributed by atoms with Crippen LogP contribution in [0, 0.1) is 85.8 Å². The molecule has 15 rings (SSSR count). The molecule has 15 aliphatic rings. The van der Waals surface area contributed by atoms with Crippen molar-refractivity contribution in [3.63, 3.8) is 0 Å². The number of hydrogen-bond acceptors (Lipinski definition) is 5. The van der Waals surface area contributed by atoms with Crippen molar-refractivity contribution in [1.82, 2.24) is 9.80 Å². The number of piperidine rings is 2. The summed E-state index contributed by atoms with van der Waals surface area (Å²) in [5.74, 6) is 7.34. The first-order valence-corrected chi connectivity index (χ1v) is 21.8. The van der Waals surface area contributed by atoms with Crippen LogP contribution in [0.25, 0.3) is 0 Å². The van der Waals surface area contributed by atoms with Crippen LogP contribution >= 0.6 is 0 Å². The second kappa shape index (κ2) is 9.07. The van der Waals surface area contributed by atoms with Crippen molar-refractivity contribution >= 4 is 0 Å². The van der Waals surface area contributed by atoms with E-state index in [0.29, 0.717) is 51.2 Å². The van der Waals surface area contributed by atoms with Crippen LogP contribution in [0.15, 0.2) is 12.2 Å². The van der Waals surface area contributed by atoms with Crippen LogP contribution in [0.1, 0.15) is 110 Å². The van der Waals surface area contributed by atoms with E-state index in [0.717, 1.165) is 73.8 Å². The number of nitrogens with zero attached hydrogens (tertiary/aromatic N) is 2. The summed E-state index contributed by atoms with van der Waals surface area (Å²) in [5.41, 5.74) is 3.82. The molecular formula is C44H64N2O3. The van der Waals surface area contributed by atoms with Gasteiger partial charge in [-0.15, -0.1) is 0 Å². The van der Waals surface area contributed by atoms with Gasteiger partial charge < -0.3 is 14.6 Å². The van der Waals surface area contributed by atoms with Crippen molar-refractivity contribution in [2.24, 2.45) is 85.8 Å². The SMILES string of the molecule is C=C1C2CCC3(C1O)C1CC4C5(C)CCCC4(C1N(CCOCC1CC46CCC1CC4C14CCCC7(C)C8OCCN8C1C6CC74)C5)C3C2. The van der Waals surface area contributed by atoms with E-state index in [4.69, 9.17) is 9.47 Å². The molecular weight excluding hydrogens is 604 g/mol. The van der Waals surface area contributed by atoms with Crippen LogP contribution < -0.4 is 0 Å². The lowest BCUT2D eigenvalue weighted by molar-refractivity contribution is -0.230. The lowest BCUT2D eigenvalue weighted by Crippen LogP contribution is -2.67. The van der Waals surface area contributed by atoms with E-state index in [9.17, 15) is 5.11 Å². The summed E-state index contributed by atoms with van der Waals surface area (Å²) in [6.45, 7) is 16.3. The van der Waals surface area contributed by atoms with Gasteiger partial charge in [0.1, 0.15) is 6.23 Å². The Labute approximate surface area is 295 Å². The van der Waals surface area contributed by atoms with Crippen LogP contribution in [-0.4, -0.2) is 78.8 Å². The Kier molecular flexibility index (Phi) is 5.54. The van der Waals surface area contributed by atoms with Gasteiger partial charge in [-0.3, -0.25) is 9.80 Å². The van der Waals surface area contributed by atoms with E-state index in [1.165, 1.54) is 115 Å². The zero-order valence-corrected chi connectivity index (χ0v) is 30.7. The Morgan fingerprint density at radius 3 is 2.59 bits per heavy atom. The molecule has 0 amide bonds. The largest absolute Gasteiger partial charge is 0.388 e. The molecule has 19 unspecified atom stereocenters. The summed E-state index contributed by atoms with van der Waals surface area (Å²) in [6.07, 6.45) is 21.5. The summed E-state index contributed by atoms with van der Waals surface area (Å²) in [4.78, 5) is 5.97. The van der Waals surface area contributed by atoms with E-state index in [1.54, 1.807) is 0 Å². The maximum atomic E-state index is 11.9. The van der Waals surface area contributed by atoms with Gasteiger partial charge in [-0.05, 0) is 164 Å². The number of aliphatic hydroxyl groups excluding tert-OH is 1. The Balaban J connectivity index is 0.746. The average Bonchev–Trinajstić information content (AvgIpc) is 3.87. The van der Waals surface area contributed by atoms with Gasteiger partial charge in [0.2, 0.25) is 0 Å². The van der Waals surface area contributed by atoms with Gasteiger partial charge in [0.15, 0.2) is 0 Å². The van der Waals surface area contributed by atoms with Crippen LogP contribution in [-0.2, 0) is 9.47 Å². The first-order chi connectivity index (χ1) is 23.7. The van der Waals surface area contributed by atoms with Gasteiger partial charge in [0.25, 0.3) is 0 Å². The smallest absolute Gasteiger partial charge is 0.116 e. The number of fused-ring (bicyclic) bond motifs is 6. The Morgan fingerprint density at radius 2 is 1.69 bits per heavy atom. The van der Waals surface area contributed by atoms with Gasteiger partial charge >= 0.3 is 0 Å². The molecule has 0 aromatic heterocycles. The topological polar surface area (TPSA) is 45.2 Å². The van der Waals surface area contributed by atoms with Crippen molar-refractivity contribution in [2.75, 3.05) is 39.5 Å². The van der Waals surface area contributed by atoms with Crippen molar-refractivity contribution in [3.8, 4) is 0 Å². The third-order valence-corrected chi connectivity index (χ3v) is 21.8. The molecule has 0 aromatic carbocycles. The molecule has 3 heterocycles. The molecule has 0 aromatic rings. The van der Waals surface area contributed by atoms with Gasteiger partial charge in [-0.2, -0.15) is 0 Å². The number of likely N-dealkylation sites (tertiary alicyclic amines) is 1. The predicted molar refractivity (Wildman–Crippen MR) is 188 cm³/mol. The Bertz CT molecular complexity index is 1520. The monoisotopic (exact) mass is 668 g/mol. The maximum Gasteiger partial charge on any atom is 0.116 e. The third kappa shape index (κ3) is 2.96. The number of ether oxygens (including phenoxy) is 2. The molecule has 4 spiro atoms. The lowest BCUT2D eigenvalue weighted by atomic mass is 9.39. The van der Waals surface area contributed by atoms with Crippen LogP contribution in [0.2, 0.25) is 0 Å². The maximum absolute atomic E-state index is 11.9. The molecule has 49 heavy (non-hydrogen) atoms. The Hall–Kier alpha value is -0.460. The highest BCUT2D eigenvalue weighted by Gasteiger charge is 2.84. The molecule has 12 aliphatic carbocycles. The van der Waals surface area contributed by atoms with Crippen molar-refractivity contribution in [3.05, 3.63) is 12.2 Å². The molecule has 15 fully saturated rings. The second-order valence-corrected chi connectivity index (χ2v) is 22.2. The van der Waals surface area contributed by atoms with Crippen LogP contribution in [0.5, 0.6) is 0 Å². The van der Waals surface area contributed by atoms with Gasteiger partial charge in [-0.25, -0.2) is 0 Å². The first-order valence-electron chi connectivity index (χ1n) is 21.8. The summed E-state index contributed by atoms with van der Waals surface area (Å²) in [6, 6.07) is 1.50. The minimum Gasteiger partial charge on any atom is -0.388 e. The molecule has 5 heteroatoms. The van der Waals surface area contributed by atoms with E-state index >= 15 is 0 Å². The fraction of sp³-hybridized carbons (Fsp3) is 0.955. The lowest BCUT2D eigenvalue weighted by Gasteiger charge is -2.67. The normalized spacial score (nSPS) is 65.6. The van der Waals surface area contributed by atoms with Crippen LogP contribution in [0.4, 0.5) is 0 Å². The summed E-state index contributed by atoms with van der Waals surface area (Å²) in [5, 5.41) is 11.9. The number of aliphatic hydroxyl groups is 1. The third-order valence-electron chi connectivity index (χ3n) is 21.8. The van der Waals surface area contributed by atoms with Crippen molar-refractivity contribution in [1.29, 1.82) is 0 Å². The Morgan fingerprint density at radius 1 is 0.857 bits per heavy atom. The van der Waals surface area contributed by atoms with Crippen molar-refractivity contribution in [2.45, 2.75) is 135 Å². The molecule has 19 atom stereocenters. The van der Waals surface area contributed by atoms with E-state index in [-0.39, 0.29) is 11.5 Å². The molecule has 12 saturated carbocycles. The zero-order chi connectivity index (χ0) is 32.5. The summed E-state index contributed by atoms with van der Waals surface area (Å²) >= 11 is 0. The summed E-state index contributed by atoms with van der Waals surface area (Å²) < 4.78 is 13.6. The molecule has 3 aliphatic heterocycles. The highest BCUT2D eigenvalue weighted by atomic mass is 16.5. The fourth-order valence-corrected chi connectivity index (χ4v) is 21.2. The van der Waals surface area contributed by atoms with E-state index < -0.39 is 0 Å². The first kappa shape index (κ1) is 29.9. The predicted octanol–water partition coefficient (Wildman–Crippen LogP) is 7.14. The molecule has 1 N–H and O–H groups in total. The highest BCUT2D eigenvalue weighted by molar-refractivity contribution is 5.37. The fourth-order valence-electron chi connectivity index (χ4n) is 21.2. The minimum atomic E-state index is -0.247. The summed E-state index contributed by atoms with van der Waals surface area (Å²) in [7, 11) is 0. The minimum absolute atomic E-state index is 0.126. The van der Waals surface area contributed by atoms with Gasteiger partial charge in [0, 0.05) is 49.2 Å². The van der Waals surface area contributed by atoms with Gasteiger partial charge in [-0.1, -0.05) is 33.3 Å². The molecule has 3 saturated heterocycles. The average molecular weight is 669 g/mol. The number of rotatable bonds is 5. The molecule has 5 nitrogen and oxygen atoms in total. The van der Waals surface area contributed by atoms with E-state index in [2.05, 4.69) is 30.2 Å². The zero-order valence-electron chi connectivity index (χ0n) is 30.7. The van der Waals surface area contributed by atoms with Gasteiger partial charge in [0.05, 0.1) is 19.3 Å². The van der Waals surface area contributed by atoms with Crippen LogP contribution in [0.3, 0.4) is 0 Å². The molecule has 268 valence electrons. The quantitative estimate of drug-likeness (QED) is 0.250. The highest BCUT2D eigenvalue weighted by Crippen LogP contribution is 2.86. The van der Waals surface area contributed by atoms with Crippen molar-refractivity contribution < 1.29 is 14.6 Å². The molecule has 0 radical (unpaired) electrons.